The Morgan fingerprint density at radius 3 is 2.52 bits per heavy atom. The Morgan fingerprint density at radius 1 is 1.33 bits per heavy atom. The van der Waals surface area contributed by atoms with Gasteiger partial charge in [0.2, 0.25) is 0 Å². The first-order valence-corrected chi connectivity index (χ1v) is 9.13. The van der Waals surface area contributed by atoms with Crippen LogP contribution >= 0.6 is 34.9 Å². The number of aliphatic carboxylic acids is 1. The summed E-state index contributed by atoms with van der Waals surface area (Å²) in [7, 11) is 1.66. The summed E-state index contributed by atoms with van der Waals surface area (Å²) in [6.45, 7) is 0. The molecule has 0 radical (unpaired) electrons. The first-order chi connectivity index (χ1) is 10.1. The van der Waals surface area contributed by atoms with Crippen molar-refractivity contribution < 1.29 is 9.90 Å². The summed E-state index contributed by atoms with van der Waals surface area (Å²) >= 11 is 4.40. The molecule has 0 aliphatic heterocycles. The molecule has 1 aromatic carbocycles. The van der Waals surface area contributed by atoms with Gasteiger partial charge in [0.25, 0.3) is 0 Å². The second kappa shape index (κ2) is 7.26. The number of nitrogens with zero attached hydrogens (tertiary/aromatic N) is 2. The molecule has 1 heterocycles. The number of rotatable bonds is 7. The fourth-order valence-corrected chi connectivity index (χ4v) is 4.51. The normalized spacial score (nSPS) is 13.8. The van der Waals surface area contributed by atoms with Crippen molar-refractivity contribution in [2.24, 2.45) is 0 Å². The maximum atomic E-state index is 11.8. The standard InChI is InChI=1S/C13H15N3O2S3/c1-14-13(10(17)18,9-6-4-3-5-7-9)8-20-12-16-15-11(19-2)21-12/h3-7,14H,8H2,1-2H3,(H,17,18). The number of carboxylic acid groups (broad SMARTS) is 1. The molecular formula is C13H15N3O2S3. The van der Waals surface area contributed by atoms with Crippen LogP contribution in [0.3, 0.4) is 0 Å². The lowest BCUT2D eigenvalue weighted by atomic mass is 9.92. The molecule has 2 rings (SSSR count). The Kier molecular flexibility index (Phi) is 5.63. The minimum Gasteiger partial charge on any atom is -0.480 e. The number of nitrogens with one attached hydrogen (secondary N) is 1. The average molecular weight is 341 g/mol. The summed E-state index contributed by atoms with van der Waals surface area (Å²) in [5, 5.41) is 20.7. The zero-order valence-corrected chi connectivity index (χ0v) is 14.0. The number of hydrogen-bond acceptors (Lipinski definition) is 7. The van der Waals surface area contributed by atoms with Gasteiger partial charge in [0, 0.05) is 5.75 Å². The summed E-state index contributed by atoms with van der Waals surface area (Å²) in [4.78, 5) is 11.8. The molecule has 1 aromatic heterocycles. The van der Waals surface area contributed by atoms with Crippen molar-refractivity contribution >= 4 is 40.8 Å². The number of carbonyl (C=O) groups is 1. The maximum absolute atomic E-state index is 11.8. The number of carboxylic acids is 1. The van der Waals surface area contributed by atoms with Crippen LogP contribution < -0.4 is 5.32 Å². The minimum atomic E-state index is -1.14. The highest BCUT2D eigenvalue weighted by Crippen LogP contribution is 2.33. The average Bonchev–Trinajstić information content (AvgIpc) is 2.97. The van der Waals surface area contributed by atoms with E-state index in [1.165, 1.54) is 34.9 Å². The lowest BCUT2D eigenvalue weighted by molar-refractivity contribution is -0.144. The molecule has 0 bridgehead atoms. The van der Waals surface area contributed by atoms with Gasteiger partial charge >= 0.3 is 5.97 Å². The van der Waals surface area contributed by atoms with Gasteiger partial charge in [-0.1, -0.05) is 65.2 Å². The van der Waals surface area contributed by atoms with Crippen molar-refractivity contribution in [3.05, 3.63) is 35.9 Å². The van der Waals surface area contributed by atoms with E-state index in [0.717, 1.165) is 14.2 Å². The van der Waals surface area contributed by atoms with Crippen LogP contribution in [0.2, 0.25) is 0 Å². The van der Waals surface area contributed by atoms with Crippen LogP contribution in [0.1, 0.15) is 5.56 Å². The Balaban J connectivity index is 2.23. The van der Waals surface area contributed by atoms with Gasteiger partial charge in [-0.05, 0) is 18.9 Å². The lowest BCUT2D eigenvalue weighted by Gasteiger charge is -2.28. The van der Waals surface area contributed by atoms with Gasteiger partial charge in [-0.15, -0.1) is 10.2 Å². The van der Waals surface area contributed by atoms with Gasteiger partial charge < -0.3 is 10.4 Å². The molecule has 0 saturated heterocycles. The monoisotopic (exact) mass is 341 g/mol. The third-order valence-corrected chi connectivity index (χ3v) is 6.24. The van der Waals surface area contributed by atoms with Crippen molar-refractivity contribution in [3.63, 3.8) is 0 Å². The first-order valence-electron chi connectivity index (χ1n) is 6.10. The van der Waals surface area contributed by atoms with Gasteiger partial charge in [0.1, 0.15) is 0 Å². The third kappa shape index (κ3) is 3.57. The van der Waals surface area contributed by atoms with Crippen molar-refractivity contribution in [1.82, 2.24) is 15.5 Å². The molecule has 1 atom stereocenters. The first kappa shape index (κ1) is 16.3. The van der Waals surface area contributed by atoms with Crippen LogP contribution in [0, 0.1) is 0 Å². The van der Waals surface area contributed by atoms with Crippen molar-refractivity contribution in [3.8, 4) is 0 Å². The Hall–Kier alpha value is -1.09. The van der Waals surface area contributed by atoms with E-state index in [0.29, 0.717) is 5.75 Å². The molecule has 0 fully saturated rings. The molecule has 0 saturated carbocycles. The van der Waals surface area contributed by atoms with Gasteiger partial charge in [-0.2, -0.15) is 0 Å². The molecule has 21 heavy (non-hydrogen) atoms. The SMILES string of the molecule is CNC(CSc1nnc(SC)s1)(C(=O)O)c1ccccc1. The van der Waals surface area contributed by atoms with Crippen LogP contribution in [0.4, 0.5) is 0 Å². The molecule has 0 amide bonds. The number of aromatic nitrogens is 2. The predicted octanol–water partition coefficient (Wildman–Crippen LogP) is 2.55. The molecule has 2 N–H and O–H groups in total. The van der Waals surface area contributed by atoms with E-state index in [-0.39, 0.29) is 0 Å². The van der Waals surface area contributed by atoms with E-state index < -0.39 is 11.5 Å². The summed E-state index contributed by atoms with van der Waals surface area (Å²) < 4.78 is 1.65. The third-order valence-electron chi connectivity index (χ3n) is 3.03. The van der Waals surface area contributed by atoms with Gasteiger partial charge in [-0.25, -0.2) is 4.79 Å². The molecule has 112 valence electrons. The van der Waals surface area contributed by atoms with Crippen molar-refractivity contribution in [1.29, 1.82) is 0 Å². The van der Waals surface area contributed by atoms with Crippen LogP contribution in [-0.4, -0.2) is 40.3 Å². The molecule has 0 aliphatic carbocycles. The number of benzene rings is 1. The molecule has 8 heteroatoms. The van der Waals surface area contributed by atoms with Gasteiger partial charge in [-0.3, -0.25) is 0 Å². The second-order valence-corrected chi connectivity index (χ2v) is 7.41. The quantitative estimate of drug-likeness (QED) is 0.750. The highest BCUT2D eigenvalue weighted by atomic mass is 32.2. The van der Waals surface area contributed by atoms with Crippen LogP contribution in [0.15, 0.2) is 39.0 Å². The van der Waals surface area contributed by atoms with E-state index in [4.69, 9.17) is 0 Å². The number of thioether (sulfide) groups is 2. The lowest BCUT2D eigenvalue weighted by Crippen LogP contribution is -2.49. The predicted molar refractivity (Wildman–Crippen MR) is 87.2 cm³/mol. The number of hydrogen-bond donors (Lipinski definition) is 2. The largest absolute Gasteiger partial charge is 0.480 e. The zero-order chi connectivity index (χ0) is 15.3. The zero-order valence-electron chi connectivity index (χ0n) is 11.6. The summed E-state index contributed by atoms with van der Waals surface area (Å²) in [5.41, 5.74) is -0.418. The summed E-state index contributed by atoms with van der Waals surface area (Å²) in [5.74, 6) is -0.565. The van der Waals surface area contributed by atoms with E-state index in [9.17, 15) is 9.90 Å². The molecule has 0 spiro atoms. The fourth-order valence-electron chi connectivity index (χ4n) is 1.82. The topological polar surface area (TPSA) is 75.1 Å². The van der Waals surface area contributed by atoms with E-state index in [1.807, 2.05) is 36.6 Å². The molecule has 1 unspecified atom stereocenters. The Morgan fingerprint density at radius 2 is 2.00 bits per heavy atom. The summed E-state index contributed by atoms with van der Waals surface area (Å²) in [6, 6.07) is 9.18. The fraction of sp³-hybridized carbons (Fsp3) is 0.308. The molecule has 2 aromatic rings. The van der Waals surface area contributed by atoms with E-state index in [1.54, 1.807) is 7.05 Å². The minimum absolute atomic E-state index is 0.339. The molecular weight excluding hydrogens is 326 g/mol. The van der Waals surface area contributed by atoms with Crippen molar-refractivity contribution in [2.75, 3.05) is 19.1 Å². The number of likely N-dealkylation sites (N-methyl/N-ethyl adjacent to an activating group) is 1. The van der Waals surface area contributed by atoms with Gasteiger partial charge in [0.05, 0.1) is 0 Å². The van der Waals surface area contributed by atoms with E-state index in [2.05, 4.69) is 15.5 Å². The van der Waals surface area contributed by atoms with E-state index >= 15 is 0 Å². The summed E-state index contributed by atoms with van der Waals surface area (Å²) in [6.07, 6.45) is 1.94. The van der Waals surface area contributed by atoms with Crippen LogP contribution in [-0.2, 0) is 10.3 Å². The highest BCUT2D eigenvalue weighted by Gasteiger charge is 2.39. The Labute approximate surface area is 135 Å². The van der Waals surface area contributed by atoms with Crippen LogP contribution in [0.5, 0.6) is 0 Å². The second-order valence-electron chi connectivity index (χ2n) is 4.15. The maximum Gasteiger partial charge on any atom is 0.329 e. The molecule has 0 aliphatic rings. The van der Waals surface area contributed by atoms with Crippen molar-refractivity contribution in [2.45, 2.75) is 14.2 Å². The van der Waals surface area contributed by atoms with Gasteiger partial charge in [0.15, 0.2) is 14.2 Å². The van der Waals surface area contributed by atoms with Crippen LogP contribution in [0.25, 0.3) is 0 Å². The smallest absolute Gasteiger partial charge is 0.329 e. The molecule has 5 nitrogen and oxygen atoms in total. The highest BCUT2D eigenvalue weighted by molar-refractivity contribution is 8.03. The Bertz CT molecular complexity index is 606.